The maximum absolute atomic E-state index is 11.3. The topological polar surface area (TPSA) is 76.2 Å². The van der Waals surface area contributed by atoms with Crippen molar-refractivity contribution < 1.29 is 4.92 Å². The van der Waals surface area contributed by atoms with Gasteiger partial charge in [-0.15, -0.1) is 0 Å². The number of hydrogen-bond acceptors (Lipinski definition) is 6. The normalized spacial score (nSPS) is 16.1. The van der Waals surface area contributed by atoms with Crippen LogP contribution >= 0.6 is 11.8 Å². The van der Waals surface area contributed by atoms with Crippen LogP contribution in [-0.4, -0.2) is 57.3 Å². The van der Waals surface area contributed by atoms with E-state index in [1.54, 1.807) is 11.7 Å². The van der Waals surface area contributed by atoms with E-state index in [4.69, 9.17) is 0 Å². The summed E-state index contributed by atoms with van der Waals surface area (Å²) in [6.07, 6.45) is 1.48. The van der Waals surface area contributed by atoms with E-state index in [2.05, 4.69) is 15.3 Å². The molecule has 0 atom stereocenters. The number of hydrogen-bond donors (Lipinski definition) is 1. The van der Waals surface area contributed by atoms with Gasteiger partial charge in [0.2, 0.25) is 5.82 Å². The van der Waals surface area contributed by atoms with Crippen molar-refractivity contribution in [1.29, 1.82) is 0 Å². The number of nitrogens with one attached hydrogen (secondary N) is 1. The third-order valence-corrected chi connectivity index (χ3v) is 4.53. The summed E-state index contributed by atoms with van der Waals surface area (Å²) in [5.74, 6) is 2.87. The molecule has 0 spiro atoms. The van der Waals surface area contributed by atoms with Gasteiger partial charge in [0.05, 0.1) is 4.92 Å². The third-order valence-electron chi connectivity index (χ3n) is 3.59. The Hall–Kier alpha value is -1.28. The molecule has 0 radical (unpaired) electrons. The molecule has 0 aromatic carbocycles. The summed E-state index contributed by atoms with van der Waals surface area (Å²) < 4.78 is 1.59. The number of aromatic nitrogens is 2. The van der Waals surface area contributed by atoms with Gasteiger partial charge >= 0.3 is 5.69 Å². The first kappa shape index (κ1) is 16.1. The Morgan fingerprint density at radius 3 is 2.76 bits per heavy atom. The van der Waals surface area contributed by atoms with Crippen molar-refractivity contribution in [2.45, 2.75) is 19.8 Å². The molecular formula is C13H23N5O2S. The lowest BCUT2D eigenvalue weighted by Crippen LogP contribution is -2.36. The molecule has 0 aliphatic carbocycles. The first-order valence-electron chi connectivity index (χ1n) is 7.37. The lowest BCUT2D eigenvalue weighted by molar-refractivity contribution is -0.384. The maximum Gasteiger partial charge on any atom is 0.333 e. The zero-order valence-corrected chi connectivity index (χ0v) is 13.5. The van der Waals surface area contributed by atoms with Crippen LogP contribution in [0.1, 0.15) is 19.0 Å². The molecule has 8 heteroatoms. The average Bonchev–Trinajstić information content (AvgIpc) is 2.77. The zero-order valence-electron chi connectivity index (χ0n) is 12.7. The van der Waals surface area contributed by atoms with E-state index < -0.39 is 0 Å². The number of nitro groups is 1. The van der Waals surface area contributed by atoms with Crippen molar-refractivity contribution >= 4 is 23.3 Å². The molecule has 2 rings (SSSR count). The first-order valence-corrected chi connectivity index (χ1v) is 8.53. The highest BCUT2D eigenvalue weighted by Crippen LogP contribution is 2.28. The summed E-state index contributed by atoms with van der Waals surface area (Å²) in [4.78, 5) is 13.4. The van der Waals surface area contributed by atoms with Gasteiger partial charge in [-0.1, -0.05) is 13.3 Å². The van der Waals surface area contributed by atoms with Gasteiger partial charge in [-0.2, -0.15) is 16.9 Å². The highest BCUT2D eigenvalue weighted by Gasteiger charge is 2.25. The Labute approximate surface area is 129 Å². The van der Waals surface area contributed by atoms with Crippen LogP contribution in [0.3, 0.4) is 0 Å². The molecular weight excluding hydrogens is 290 g/mol. The van der Waals surface area contributed by atoms with Gasteiger partial charge in [0.25, 0.3) is 0 Å². The molecule has 1 aromatic heterocycles. The fourth-order valence-corrected chi connectivity index (χ4v) is 3.50. The van der Waals surface area contributed by atoms with Crippen LogP contribution in [0.25, 0.3) is 0 Å². The second-order valence-electron chi connectivity index (χ2n) is 5.16. The largest absolute Gasteiger partial charge is 0.363 e. The molecule has 0 unspecified atom stereocenters. The van der Waals surface area contributed by atoms with Crippen LogP contribution < -0.4 is 5.32 Å². The fourth-order valence-electron chi connectivity index (χ4n) is 2.52. The van der Waals surface area contributed by atoms with Gasteiger partial charge in [0.1, 0.15) is 5.69 Å². The molecule has 118 valence electrons. The summed E-state index contributed by atoms with van der Waals surface area (Å²) in [5, 5.41) is 18.8. The molecule has 0 amide bonds. The molecule has 0 saturated carbocycles. The van der Waals surface area contributed by atoms with Gasteiger partial charge in [-0.05, 0) is 6.42 Å². The van der Waals surface area contributed by atoms with Gasteiger partial charge in [-0.3, -0.25) is 15.0 Å². The minimum absolute atomic E-state index is 0.133. The Kier molecular flexibility index (Phi) is 5.86. The fraction of sp³-hybridized carbons (Fsp3) is 0.769. The number of thioether (sulfide) groups is 1. The van der Waals surface area contributed by atoms with E-state index >= 15 is 0 Å². The lowest BCUT2D eigenvalue weighted by atomic mass is 10.2. The van der Waals surface area contributed by atoms with E-state index in [0.717, 1.165) is 26.1 Å². The maximum atomic E-state index is 11.3. The minimum atomic E-state index is -0.322. The Morgan fingerprint density at radius 1 is 1.43 bits per heavy atom. The quantitative estimate of drug-likeness (QED) is 0.610. The SMILES string of the molecule is CCCc1nn(C)c(NCCN2CCSCC2)c1[N+](=O)[O-]. The highest BCUT2D eigenvalue weighted by molar-refractivity contribution is 7.99. The summed E-state index contributed by atoms with van der Waals surface area (Å²) in [6, 6.07) is 0. The van der Waals surface area contributed by atoms with Crippen LogP contribution in [0.15, 0.2) is 0 Å². The van der Waals surface area contributed by atoms with Crippen molar-refractivity contribution in [3.8, 4) is 0 Å². The molecule has 2 heterocycles. The highest BCUT2D eigenvalue weighted by atomic mass is 32.2. The lowest BCUT2D eigenvalue weighted by Gasteiger charge is -2.26. The van der Waals surface area contributed by atoms with Crippen molar-refractivity contribution in [3.05, 3.63) is 15.8 Å². The van der Waals surface area contributed by atoms with E-state index in [1.807, 2.05) is 18.7 Å². The monoisotopic (exact) mass is 313 g/mol. The van der Waals surface area contributed by atoms with E-state index in [1.165, 1.54) is 11.5 Å². The Bertz CT molecular complexity index is 485. The predicted octanol–water partition coefficient (Wildman–Crippen LogP) is 1.74. The summed E-state index contributed by atoms with van der Waals surface area (Å²) in [5.41, 5.74) is 0.704. The van der Waals surface area contributed by atoms with E-state index in [0.29, 0.717) is 24.5 Å². The molecule has 1 fully saturated rings. The third kappa shape index (κ3) is 4.10. The summed E-state index contributed by atoms with van der Waals surface area (Å²) in [6.45, 7) is 5.81. The summed E-state index contributed by atoms with van der Waals surface area (Å²) >= 11 is 1.98. The van der Waals surface area contributed by atoms with Crippen molar-refractivity contribution in [2.24, 2.45) is 7.05 Å². The van der Waals surface area contributed by atoms with Crippen LogP contribution in [0.4, 0.5) is 11.5 Å². The van der Waals surface area contributed by atoms with Crippen molar-refractivity contribution in [1.82, 2.24) is 14.7 Å². The smallest absolute Gasteiger partial charge is 0.333 e. The molecule has 7 nitrogen and oxygen atoms in total. The van der Waals surface area contributed by atoms with Crippen LogP contribution in [0, 0.1) is 10.1 Å². The molecule has 21 heavy (non-hydrogen) atoms. The molecule has 1 aliphatic heterocycles. The van der Waals surface area contributed by atoms with Crippen molar-refractivity contribution in [2.75, 3.05) is 43.0 Å². The van der Waals surface area contributed by atoms with Crippen molar-refractivity contribution in [3.63, 3.8) is 0 Å². The first-order chi connectivity index (χ1) is 10.1. The van der Waals surface area contributed by atoms with Gasteiger partial charge < -0.3 is 5.32 Å². The van der Waals surface area contributed by atoms with Gasteiger partial charge in [0.15, 0.2) is 0 Å². The molecule has 1 aliphatic rings. The number of aryl methyl sites for hydroxylation is 2. The Balaban J connectivity index is 1.99. The van der Waals surface area contributed by atoms with Crippen LogP contribution in [-0.2, 0) is 13.5 Å². The standard InChI is InChI=1S/C13H23N5O2S/c1-3-4-11-12(18(19)20)13(16(2)15-11)14-5-6-17-7-9-21-10-8-17/h14H,3-10H2,1-2H3. The number of nitrogens with zero attached hydrogens (tertiary/aromatic N) is 4. The predicted molar refractivity (Wildman–Crippen MR) is 86.1 cm³/mol. The molecule has 1 aromatic rings. The second-order valence-corrected chi connectivity index (χ2v) is 6.38. The number of anilines is 1. The average molecular weight is 313 g/mol. The Morgan fingerprint density at radius 2 is 2.14 bits per heavy atom. The van der Waals surface area contributed by atoms with Crippen LogP contribution in [0.5, 0.6) is 0 Å². The van der Waals surface area contributed by atoms with Gasteiger partial charge in [-0.25, -0.2) is 4.68 Å². The minimum Gasteiger partial charge on any atom is -0.363 e. The molecule has 1 saturated heterocycles. The summed E-state index contributed by atoms with van der Waals surface area (Å²) in [7, 11) is 1.76. The van der Waals surface area contributed by atoms with E-state index in [9.17, 15) is 10.1 Å². The van der Waals surface area contributed by atoms with Crippen LogP contribution in [0.2, 0.25) is 0 Å². The second kappa shape index (κ2) is 7.65. The molecule has 0 bridgehead atoms. The van der Waals surface area contributed by atoms with Gasteiger partial charge in [0, 0.05) is 44.7 Å². The van der Waals surface area contributed by atoms with E-state index in [-0.39, 0.29) is 10.6 Å². The molecule has 1 N–H and O–H groups in total. The number of rotatable bonds is 7. The zero-order chi connectivity index (χ0) is 15.2.